The summed E-state index contributed by atoms with van der Waals surface area (Å²) in [5.74, 6) is -0.210. The van der Waals surface area contributed by atoms with E-state index in [1.165, 1.54) is 18.1 Å². The largest absolute Gasteiger partial charge is 0.354 e. The molecule has 0 aliphatic carbocycles. The standard InChI is InChI=1S/C18H21N3O2.ClH/c1-10-16(12(3)22)11(2)21-17(10)18(23)20-7-13-4-5-14-8-19-9-15(14)6-13;/h4-6,19,21H,7-9H2,1-3H3,(H,20,23);1H. The lowest BCUT2D eigenvalue weighted by Crippen LogP contribution is -2.24. The number of carbonyl (C=O) groups excluding carboxylic acids is 2. The number of ketones is 1. The Kier molecular flexibility index (Phi) is 5.47. The number of aromatic amines is 1. The molecule has 0 unspecified atom stereocenters. The minimum Gasteiger partial charge on any atom is -0.354 e. The first kappa shape index (κ1) is 18.2. The maximum absolute atomic E-state index is 12.4. The predicted octanol–water partition coefficient (Wildman–Crippen LogP) is 2.79. The first-order valence-corrected chi connectivity index (χ1v) is 7.77. The van der Waals surface area contributed by atoms with Gasteiger partial charge in [0.05, 0.1) is 0 Å². The minimum absolute atomic E-state index is 0. The first-order valence-electron chi connectivity index (χ1n) is 7.77. The van der Waals surface area contributed by atoms with Gasteiger partial charge in [0.1, 0.15) is 5.69 Å². The Balaban J connectivity index is 0.00000208. The number of aromatic nitrogens is 1. The third-order valence-corrected chi connectivity index (χ3v) is 4.37. The molecule has 128 valence electrons. The minimum atomic E-state index is -0.184. The highest BCUT2D eigenvalue weighted by Crippen LogP contribution is 2.19. The maximum Gasteiger partial charge on any atom is 0.268 e. The molecule has 2 heterocycles. The van der Waals surface area contributed by atoms with Crippen LogP contribution < -0.4 is 10.6 Å². The van der Waals surface area contributed by atoms with Crippen LogP contribution in [-0.2, 0) is 19.6 Å². The fourth-order valence-electron chi connectivity index (χ4n) is 3.23. The van der Waals surface area contributed by atoms with E-state index in [4.69, 9.17) is 0 Å². The molecule has 0 atom stereocenters. The number of Topliss-reactive ketones (excluding diaryl/α,β-unsaturated/α-hetero) is 1. The molecule has 0 saturated carbocycles. The summed E-state index contributed by atoms with van der Waals surface area (Å²) < 4.78 is 0. The van der Waals surface area contributed by atoms with Crippen molar-refractivity contribution in [3.63, 3.8) is 0 Å². The first-order chi connectivity index (χ1) is 11.0. The van der Waals surface area contributed by atoms with E-state index < -0.39 is 0 Å². The lowest BCUT2D eigenvalue weighted by molar-refractivity contribution is 0.0945. The number of benzene rings is 1. The van der Waals surface area contributed by atoms with Gasteiger partial charge in [-0.25, -0.2) is 0 Å². The Morgan fingerprint density at radius 3 is 2.54 bits per heavy atom. The summed E-state index contributed by atoms with van der Waals surface area (Å²) in [7, 11) is 0. The maximum atomic E-state index is 12.4. The number of fused-ring (bicyclic) bond motifs is 1. The van der Waals surface area contributed by atoms with E-state index in [1.54, 1.807) is 6.92 Å². The molecule has 1 aliphatic heterocycles. The average Bonchev–Trinajstić information content (AvgIpc) is 3.08. The number of amides is 1. The van der Waals surface area contributed by atoms with E-state index in [-0.39, 0.29) is 24.1 Å². The zero-order chi connectivity index (χ0) is 16.6. The van der Waals surface area contributed by atoms with Crippen LogP contribution in [0.1, 0.15) is 55.7 Å². The summed E-state index contributed by atoms with van der Waals surface area (Å²) >= 11 is 0. The summed E-state index contributed by atoms with van der Waals surface area (Å²) in [6.45, 7) is 7.40. The molecule has 0 saturated heterocycles. The Labute approximate surface area is 147 Å². The molecular weight excluding hydrogens is 326 g/mol. The lowest BCUT2D eigenvalue weighted by atomic mass is 10.1. The van der Waals surface area contributed by atoms with Crippen molar-refractivity contribution in [2.75, 3.05) is 0 Å². The Bertz CT molecular complexity index is 796. The second-order valence-corrected chi connectivity index (χ2v) is 6.07. The molecule has 1 amide bonds. The van der Waals surface area contributed by atoms with E-state index in [1.807, 2.05) is 13.0 Å². The smallest absolute Gasteiger partial charge is 0.268 e. The number of aryl methyl sites for hydroxylation is 1. The van der Waals surface area contributed by atoms with Crippen molar-refractivity contribution < 1.29 is 9.59 Å². The van der Waals surface area contributed by atoms with Gasteiger partial charge in [0.25, 0.3) is 5.91 Å². The van der Waals surface area contributed by atoms with Crippen molar-refractivity contribution in [3.05, 3.63) is 57.4 Å². The van der Waals surface area contributed by atoms with Gasteiger partial charge >= 0.3 is 0 Å². The van der Waals surface area contributed by atoms with E-state index >= 15 is 0 Å². The van der Waals surface area contributed by atoms with Gasteiger partial charge < -0.3 is 15.6 Å². The normalized spacial score (nSPS) is 12.5. The number of nitrogens with one attached hydrogen (secondary N) is 3. The Morgan fingerprint density at radius 1 is 1.17 bits per heavy atom. The number of hydrogen-bond donors (Lipinski definition) is 3. The highest BCUT2D eigenvalue weighted by atomic mass is 35.5. The monoisotopic (exact) mass is 347 g/mol. The van der Waals surface area contributed by atoms with Gasteiger partial charge in [0, 0.05) is 30.9 Å². The summed E-state index contributed by atoms with van der Waals surface area (Å²) in [4.78, 5) is 27.1. The highest BCUT2D eigenvalue weighted by molar-refractivity contribution is 6.02. The number of halogens is 1. The molecule has 1 aliphatic rings. The van der Waals surface area contributed by atoms with Crippen LogP contribution in [0, 0.1) is 13.8 Å². The Hall–Kier alpha value is -2.11. The SMILES string of the molecule is CC(=O)c1c(C)[nH]c(C(=O)NCc2ccc3c(c2)CNC3)c1C.Cl. The third kappa shape index (κ3) is 3.37. The zero-order valence-electron chi connectivity index (χ0n) is 14.1. The van der Waals surface area contributed by atoms with Gasteiger partial charge in [0.15, 0.2) is 5.78 Å². The van der Waals surface area contributed by atoms with Gasteiger partial charge in [-0.3, -0.25) is 9.59 Å². The molecule has 2 aromatic rings. The highest BCUT2D eigenvalue weighted by Gasteiger charge is 2.19. The second-order valence-electron chi connectivity index (χ2n) is 6.07. The summed E-state index contributed by atoms with van der Waals surface area (Å²) in [6.07, 6.45) is 0. The van der Waals surface area contributed by atoms with Crippen LogP contribution >= 0.6 is 12.4 Å². The molecule has 1 aromatic heterocycles. The third-order valence-electron chi connectivity index (χ3n) is 4.37. The van der Waals surface area contributed by atoms with Crippen LogP contribution in [-0.4, -0.2) is 16.7 Å². The van der Waals surface area contributed by atoms with Crippen LogP contribution in [0.15, 0.2) is 18.2 Å². The second kappa shape index (κ2) is 7.20. The number of carbonyl (C=O) groups is 2. The van der Waals surface area contributed by atoms with Crippen molar-refractivity contribution in [2.24, 2.45) is 0 Å². The molecule has 0 fully saturated rings. The summed E-state index contributed by atoms with van der Waals surface area (Å²) in [5.41, 5.74) is 6.22. The van der Waals surface area contributed by atoms with E-state index in [2.05, 4.69) is 27.8 Å². The van der Waals surface area contributed by atoms with Gasteiger partial charge in [-0.2, -0.15) is 0 Å². The molecule has 0 bridgehead atoms. The summed E-state index contributed by atoms with van der Waals surface area (Å²) in [5, 5.41) is 6.23. The molecule has 0 radical (unpaired) electrons. The molecule has 5 nitrogen and oxygen atoms in total. The number of hydrogen-bond acceptors (Lipinski definition) is 3. The lowest BCUT2D eigenvalue weighted by Gasteiger charge is -2.07. The van der Waals surface area contributed by atoms with Crippen molar-refractivity contribution in [1.29, 1.82) is 0 Å². The molecular formula is C18H22ClN3O2. The quantitative estimate of drug-likeness (QED) is 0.744. The average molecular weight is 348 g/mol. The number of H-pyrrole nitrogens is 1. The fraction of sp³-hybridized carbons (Fsp3) is 0.333. The van der Waals surface area contributed by atoms with Gasteiger partial charge in [-0.05, 0) is 43.0 Å². The van der Waals surface area contributed by atoms with E-state index in [0.29, 0.717) is 23.4 Å². The molecule has 3 N–H and O–H groups in total. The molecule has 1 aromatic carbocycles. The molecule has 3 rings (SSSR count). The number of rotatable bonds is 4. The van der Waals surface area contributed by atoms with E-state index in [0.717, 1.165) is 24.3 Å². The molecule has 0 spiro atoms. The summed E-state index contributed by atoms with van der Waals surface area (Å²) in [6, 6.07) is 6.28. The van der Waals surface area contributed by atoms with Crippen molar-refractivity contribution in [1.82, 2.24) is 15.6 Å². The topological polar surface area (TPSA) is 74.0 Å². The van der Waals surface area contributed by atoms with Crippen LogP contribution in [0.4, 0.5) is 0 Å². The van der Waals surface area contributed by atoms with Crippen LogP contribution in [0.5, 0.6) is 0 Å². The van der Waals surface area contributed by atoms with Gasteiger partial charge in [0.2, 0.25) is 0 Å². The zero-order valence-corrected chi connectivity index (χ0v) is 14.9. The van der Waals surface area contributed by atoms with Gasteiger partial charge in [-0.15, -0.1) is 12.4 Å². The molecule has 6 heteroatoms. The van der Waals surface area contributed by atoms with Crippen LogP contribution in [0.25, 0.3) is 0 Å². The fourth-order valence-corrected chi connectivity index (χ4v) is 3.23. The van der Waals surface area contributed by atoms with Gasteiger partial charge in [-0.1, -0.05) is 18.2 Å². The molecule has 24 heavy (non-hydrogen) atoms. The van der Waals surface area contributed by atoms with Crippen LogP contribution in [0.2, 0.25) is 0 Å². The Morgan fingerprint density at radius 2 is 1.88 bits per heavy atom. The van der Waals surface area contributed by atoms with Crippen molar-refractivity contribution in [2.45, 2.75) is 40.4 Å². The van der Waals surface area contributed by atoms with Crippen molar-refractivity contribution >= 4 is 24.1 Å². The predicted molar refractivity (Wildman–Crippen MR) is 95.7 cm³/mol. The van der Waals surface area contributed by atoms with E-state index in [9.17, 15) is 9.59 Å². The van der Waals surface area contributed by atoms with Crippen LogP contribution in [0.3, 0.4) is 0 Å². The van der Waals surface area contributed by atoms with Crippen molar-refractivity contribution in [3.8, 4) is 0 Å².